The lowest BCUT2D eigenvalue weighted by Crippen LogP contribution is -2.49. The fourth-order valence-electron chi connectivity index (χ4n) is 1.33. The molecule has 0 saturated heterocycles. The molecule has 1 heterocycles. The van der Waals surface area contributed by atoms with Gasteiger partial charge in [0.05, 0.1) is 0 Å². The summed E-state index contributed by atoms with van der Waals surface area (Å²) in [6.45, 7) is 2.02. The van der Waals surface area contributed by atoms with Crippen LogP contribution in [0.2, 0.25) is 0 Å². The minimum Gasteiger partial charge on any atom is -0.409 e. The second kappa shape index (κ2) is 4.87. The Hall–Kier alpha value is -1.37. The summed E-state index contributed by atoms with van der Waals surface area (Å²) in [5, 5.41) is -0.757. The van der Waals surface area contributed by atoms with Gasteiger partial charge in [-0.05, 0) is 6.42 Å². The number of hydrogen-bond donors (Lipinski definition) is 2. The third-order valence-corrected chi connectivity index (χ3v) is 3.00. The van der Waals surface area contributed by atoms with E-state index in [1.165, 1.54) is 0 Å². The van der Waals surface area contributed by atoms with E-state index in [-0.39, 0.29) is 6.54 Å². The van der Waals surface area contributed by atoms with Crippen LogP contribution in [0.5, 0.6) is 0 Å². The van der Waals surface area contributed by atoms with Crippen LogP contribution in [-0.2, 0) is 11.1 Å². The summed E-state index contributed by atoms with van der Waals surface area (Å²) >= 11 is 0. The minimum atomic E-state index is -4.74. The van der Waals surface area contributed by atoms with Crippen LogP contribution in [-0.4, -0.2) is 26.2 Å². The first kappa shape index (κ1) is 13.7. The van der Waals surface area contributed by atoms with Gasteiger partial charge in [-0.25, -0.2) is 4.79 Å². The molecule has 1 rings (SSSR count). The van der Waals surface area contributed by atoms with Gasteiger partial charge in [0, 0.05) is 12.7 Å². The van der Waals surface area contributed by atoms with E-state index in [0.29, 0.717) is 11.2 Å². The van der Waals surface area contributed by atoms with Crippen molar-refractivity contribution >= 4 is 12.9 Å². The summed E-state index contributed by atoms with van der Waals surface area (Å²) in [5.41, 5.74) is -1.91. The molecule has 0 bridgehead atoms. The van der Waals surface area contributed by atoms with E-state index < -0.39 is 24.1 Å². The Balaban J connectivity index is 3.65. The molecule has 0 aliphatic heterocycles. The highest BCUT2D eigenvalue weighted by atomic mass is 31.2. The summed E-state index contributed by atoms with van der Waals surface area (Å²) in [6.07, 6.45) is 1.45. The fourth-order valence-corrected chi connectivity index (χ4v) is 1.96. The van der Waals surface area contributed by atoms with Crippen molar-refractivity contribution in [2.24, 2.45) is 0 Å². The van der Waals surface area contributed by atoms with Crippen LogP contribution in [0, 0.1) is 0 Å². The number of hydrogen-bond acceptors (Lipinski definition) is 4. The van der Waals surface area contributed by atoms with Crippen molar-refractivity contribution in [2.45, 2.75) is 19.9 Å². The van der Waals surface area contributed by atoms with Gasteiger partial charge in [-0.1, -0.05) is 11.7 Å². The third-order valence-electron chi connectivity index (χ3n) is 2.06. The molecule has 0 aliphatic rings. The minimum absolute atomic E-state index is 0.232. The average molecular weight is 264 g/mol. The van der Waals surface area contributed by atoms with Crippen molar-refractivity contribution in [3.05, 3.63) is 27.0 Å². The van der Waals surface area contributed by atoms with Gasteiger partial charge in [0.25, 0.3) is 0 Å². The highest BCUT2D eigenvalue weighted by molar-refractivity contribution is 7.60. The molecule has 0 fully saturated rings. The summed E-state index contributed by atoms with van der Waals surface area (Å²) in [7, 11) is -3.67. The molecular weight excluding hydrogens is 251 g/mol. The fraction of sp³-hybridized carbons (Fsp3) is 0.500. The number of aromatic nitrogens is 2. The maximum Gasteiger partial charge on any atom is 0.364 e. The van der Waals surface area contributed by atoms with Crippen LogP contribution < -0.4 is 21.4 Å². The van der Waals surface area contributed by atoms with Gasteiger partial charge < -0.3 is 14.6 Å². The van der Waals surface area contributed by atoms with Gasteiger partial charge in [-0.15, -0.1) is 0 Å². The Bertz CT molecular complexity index is 568. The lowest BCUT2D eigenvalue weighted by molar-refractivity contribution is 0.140. The average Bonchev–Trinajstić information content (AvgIpc) is 2.21. The van der Waals surface area contributed by atoms with Crippen molar-refractivity contribution in [1.29, 1.82) is 0 Å². The predicted molar refractivity (Wildman–Crippen MR) is 59.4 cm³/mol. The van der Waals surface area contributed by atoms with Crippen LogP contribution >= 0.6 is 7.60 Å². The Morgan fingerprint density at radius 1 is 1.41 bits per heavy atom. The second-order valence-corrected chi connectivity index (χ2v) is 4.89. The lowest BCUT2D eigenvalue weighted by atomic mass is 10.5. The van der Waals surface area contributed by atoms with E-state index in [0.717, 1.165) is 17.9 Å². The second-order valence-electron chi connectivity index (χ2n) is 3.32. The van der Waals surface area contributed by atoms with Crippen LogP contribution in [0.4, 0.5) is 0 Å². The lowest BCUT2D eigenvalue weighted by Gasteiger charge is -2.11. The first-order valence-electron chi connectivity index (χ1n) is 4.80. The Kier molecular flexibility index (Phi) is 3.92. The summed E-state index contributed by atoms with van der Waals surface area (Å²) < 4.78 is 12.5. The number of rotatable bonds is 4. The van der Waals surface area contributed by atoms with E-state index in [9.17, 15) is 14.2 Å². The van der Waals surface area contributed by atoms with Crippen molar-refractivity contribution in [3.8, 4) is 0 Å². The first-order chi connectivity index (χ1) is 7.82. The molecule has 1 aromatic heterocycles. The normalized spacial score (nSPS) is 11.5. The van der Waals surface area contributed by atoms with Gasteiger partial charge in [0.2, 0.25) is 0 Å². The molecule has 0 radical (unpaired) electrons. The maximum absolute atomic E-state index is 11.6. The molecule has 96 valence electrons. The van der Waals surface area contributed by atoms with E-state index in [4.69, 9.17) is 9.79 Å². The van der Waals surface area contributed by atoms with Crippen LogP contribution in [0.25, 0.3) is 0 Å². The predicted octanol–water partition coefficient (Wildman–Crippen LogP) is -1.72. The summed E-state index contributed by atoms with van der Waals surface area (Å²) in [5.74, 6) is 0. The summed E-state index contributed by atoms with van der Waals surface area (Å²) in [4.78, 5) is 45.7. The summed E-state index contributed by atoms with van der Waals surface area (Å²) in [6, 6.07) is 0. The maximum atomic E-state index is 11.6. The molecule has 2 N–H and O–H groups in total. The highest BCUT2D eigenvalue weighted by Gasteiger charge is 2.25. The zero-order valence-corrected chi connectivity index (χ0v) is 10.3. The van der Waals surface area contributed by atoms with E-state index >= 15 is 0 Å². The number of aryl methyl sites for hydroxylation is 1. The molecule has 0 aliphatic carbocycles. The molecule has 0 aromatic carbocycles. The number of nitrogens with zero attached hydrogens (tertiary/aromatic N) is 2. The Morgan fingerprint density at radius 3 is 2.41 bits per heavy atom. The molecule has 9 heteroatoms. The van der Waals surface area contributed by atoms with Gasteiger partial charge in [0.15, 0.2) is 0 Å². The molecule has 0 atom stereocenters. The zero-order chi connectivity index (χ0) is 13.2. The van der Waals surface area contributed by atoms with Crippen molar-refractivity contribution < 1.29 is 19.2 Å². The van der Waals surface area contributed by atoms with Gasteiger partial charge in [-0.3, -0.25) is 13.9 Å². The van der Waals surface area contributed by atoms with Gasteiger partial charge >= 0.3 is 18.8 Å². The first-order valence-corrected chi connectivity index (χ1v) is 6.41. The SMILES string of the molecule is CCCn1cc(P(=O)(O)O)c(=O)n(OC)c1=O. The molecule has 0 unspecified atom stereocenters. The molecule has 17 heavy (non-hydrogen) atoms. The van der Waals surface area contributed by atoms with Crippen LogP contribution in [0.3, 0.4) is 0 Å². The van der Waals surface area contributed by atoms with E-state index in [1.54, 1.807) is 6.92 Å². The smallest absolute Gasteiger partial charge is 0.364 e. The van der Waals surface area contributed by atoms with E-state index in [1.807, 2.05) is 0 Å². The molecule has 0 amide bonds. The van der Waals surface area contributed by atoms with Crippen LogP contribution in [0.1, 0.15) is 13.3 Å². The van der Waals surface area contributed by atoms with Gasteiger partial charge in [0.1, 0.15) is 12.4 Å². The molecule has 1 aromatic rings. The molecular formula is C8H13N2O6P. The highest BCUT2D eigenvalue weighted by Crippen LogP contribution is 2.30. The molecule has 0 saturated carbocycles. The quantitative estimate of drug-likeness (QED) is 0.626. The van der Waals surface area contributed by atoms with Crippen molar-refractivity contribution in [1.82, 2.24) is 9.30 Å². The third kappa shape index (κ3) is 2.66. The standard InChI is InChI=1S/C8H13N2O6P/c1-3-4-9-5-6(17(13,14)15)7(11)10(16-2)8(9)12/h5H,3-4H2,1-2H3,(H2,13,14,15). The zero-order valence-electron chi connectivity index (χ0n) is 9.36. The van der Waals surface area contributed by atoms with E-state index in [2.05, 4.69) is 4.84 Å². The van der Waals surface area contributed by atoms with Crippen molar-refractivity contribution in [3.63, 3.8) is 0 Å². The van der Waals surface area contributed by atoms with Gasteiger partial charge in [-0.2, -0.15) is 0 Å². The van der Waals surface area contributed by atoms with Crippen LogP contribution in [0.15, 0.2) is 15.8 Å². The molecule has 0 spiro atoms. The van der Waals surface area contributed by atoms with Crippen molar-refractivity contribution in [2.75, 3.05) is 7.11 Å². The Labute approximate surface area is 96.2 Å². The topological polar surface area (TPSA) is 111 Å². The Morgan fingerprint density at radius 2 is 2.00 bits per heavy atom. The monoisotopic (exact) mass is 264 g/mol. The largest absolute Gasteiger partial charge is 0.409 e. The molecule has 8 nitrogen and oxygen atoms in total.